The summed E-state index contributed by atoms with van der Waals surface area (Å²) in [4.78, 5) is 0. The number of hydrogen-bond donors (Lipinski definition) is 0. The highest BCUT2D eigenvalue weighted by Crippen LogP contribution is 2.32. The minimum Gasteiger partial charge on any atom is -0.350 e. The first-order valence-corrected chi connectivity index (χ1v) is 7.96. The third-order valence-electron chi connectivity index (χ3n) is 3.41. The monoisotopic (exact) mass is 306 g/mol. The van der Waals surface area contributed by atoms with Crippen molar-refractivity contribution in [2.24, 2.45) is 5.41 Å². The molecule has 0 amide bonds. The summed E-state index contributed by atoms with van der Waals surface area (Å²) < 4.78 is 6.03. The number of benzene rings is 1. The van der Waals surface area contributed by atoms with Crippen LogP contribution in [-0.4, -0.2) is 11.8 Å². The Kier molecular flexibility index (Phi) is 5.36. The lowest BCUT2D eigenvalue weighted by Gasteiger charge is -2.39. The molecule has 3 nitrogen and oxygen atoms in total. The van der Waals surface area contributed by atoms with Crippen LogP contribution < -0.4 is 5.06 Å². The van der Waals surface area contributed by atoms with Gasteiger partial charge < -0.3 is 4.74 Å². The maximum Gasteiger partial charge on any atom is 0.162 e. The molecule has 0 aliphatic heterocycles. The summed E-state index contributed by atoms with van der Waals surface area (Å²) in [6, 6.07) is 7.82. The Labute approximate surface area is 136 Å². The summed E-state index contributed by atoms with van der Waals surface area (Å²) in [5.74, 6) is 0. The van der Waals surface area contributed by atoms with Crippen LogP contribution >= 0.6 is 0 Å². The average molecular weight is 306 g/mol. The van der Waals surface area contributed by atoms with Gasteiger partial charge in [-0.05, 0) is 43.9 Å². The molecule has 125 valence electrons. The van der Waals surface area contributed by atoms with Gasteiger partial charge in [-0.1, -0.05) is 58.9 Å². The molecule has 0 bridgehead atoms. The molecule has 0 N–H and O–H groups in total. The summed E-state index contributed by atoms with van der Waals surface area (Å²) in [7, 11) is 0. The van der Waals surface area contributed by atoms with Crippen molar-refractivity contribution in [3.8, 4) is 0 Å². The van der Waals surface area contributed by atoms with Crippen LogP contribution in [0.25, 0.3) is 0 Å². The van der Waals surface area contributed by atoms with E-state index in [1.807, 2.05) is 65.8 Å². The Hall–Kier alpha value is -1.06. The first-order valence-electron chi connectivity index (χ1n) is 7.96. The molecule has 0 aromatic heterocycles. The molecule has 0 heterocycles. The number of rotatable bonds is 3. The molecule has 0 spiro atoms. The summed E-state index contributed by atoms with van der Waals surface area (Å²) in [5, 5.41) is 13.8. The standard InChI is InChI=1S/C19H32NO2/c1-17(2,3)14-10-12-15(13-11-14)20(21)16(18(4,5)6)22-19(7,8)9/h10-13,16H,1-9H3/t16-/m0/s1. The van der Waals surface area contributed by atoms with Gasteiger partial charge in [0.1, 0.15) is 0 Å². The van der Waals surface area contributed by atoms with E-state index in [0.29, 0.717) is 5.69 Å². The number of ether oxygens (including phenoxy) is 1. The van der Waals surface area contributed by atoms with Crippen LogP contribution in [0, 0.1) is 5.41 Å². The van der Waals surface area contributed by atoms with Crippen molar-refractivity contribution in [1.82, 2.24) is 0 Å². The topological polar surface area (TPSA) is 32.4 Å². The van der Waals surface area contributed by atoms with Crippen molar-refractivity contribution in [2.75, 3.05) is 5.06 Å². The average Bonchev–Trinajstić information content (AvgIpc) is 2.32. The summed E-state index contributed by atoms with van der Waals surface area (Å²) in [5.41, 5.74) is 1.28. The fourth-order valence-electron chi connectivity index (χ4n) is 2.16. The van der Waals surface area contributed by atoms with Crippen molar-refractivity contribution < 1.29 is 9.94 Å². The van der Waals surface area contributed by atoms with Gasteiger partial charge in [0, 0.05) is 5.41 Å². The molecule has 1 atom stereocenters. The Morgan fingerprint density at radius 1 is 0.864 bits per heavy atom. The molecule has 0 aliphatic carbocycles. The van der Waals surface area contributed by atoms with Crippen LogP contribution in [-0.2, 0) is 15.4 Å². The molecule has 0 fully saturated rings. The van der Waals surface area contributed by atoms with Crippen molar-refractivity contribution in [3.05, 3.63) is 29.8 Å². The van der Waals surface area contributed by atoms with Gasteiger partial charge in [0.2, 0.25) is 0 Å². The third kappa shape index (κ3) is 5.29. The lowest BCUT2D eigenvalue weighted by Crippen LogP contribution is -2.47. The molecule has 0 saturated carbocycles. The van der Waals surface area contributed by atoms with E-state index in [4.69, 9.17) is 4.74 Å². The molecular formula is C19H32NO2. The van der Waals surface area contributed by atoms with E-state index in [2.05, 4.69) is 20.8 Å². The number of anilines is 1. The SMILES string of the molecule is CC(C)(C)O[C@H](N([O])c1ccc(C(C)(C)C)cc1)C(C)(C)C. The summed E-state index contributed by atoms with van der Waals surface area (Å²) in [6.45, 7) is 18.5. The second-order valence-electron chi connectivity index (χ2n) is 9.07. The second kappa shape index (κ2) is 6.21. The van der Waals surface area contributed by atoms with E-state index in [1.54, 1.807) is 0 Å². The molecule has 3 heteroatoms. The summed E-state index contributed by atoms with van der Waals surface area (Å²) >= 11 is 0. The predicted molar refractivity (Wildman–Crippen MR) is 92.4 cm³/mol. The summed E-state index contributed by atoms with van der Waals surface area (Å²) in [6.07, 6.45) is -0.534. The fraction of sp³-hybridized carbons (Fsp3) is 0.684. The molecule has 22 heavy (non-hydrogen) atoms. The maximum absolute atomic E-state index is 12.8. The van der Waals surface area contributed by atoms with Crippen LogP contribution in [0.1, 0.15) is 67.9 Å². The normalized spacial score (nSPS) is 14.8. The van der Waals surface area contributed by atoms with E-state index in [0.717, 1.165) is 5.06 Å². The van der Waals surface area contributed by atoms with Gasteiger partial charge >= 0.3 is 0 Å². The largest absolute Gasteiger partial charge is 0.350 e. The van der Waals surface area contributed by atoms with Gasteiger partial charge in [-0.3, -0.25) is 0 Å². The third-order valence-corrected chi connectivity index (χ3v) is 3.41. The molecule has 1 aromatic carbocycles. The quantitative estimate of drug-likeness (QED) is 0.559. The highest BCUT2D eigenvalue weighted by atomic mass is 16.6. The zero-order valence-electron chi connectivity index (χ0n) is 15.7. The molecule has 1 radical (unpaired) electrons. The van der Waals surface area contributed by atoms with Crippen LogP contribution in [0.15, 0.2) is 24.3 Å². The van der Waals surface area contributed by atoms with E-state index < -0.39 is 6.23 Å². The van der Waals surface area contributed by atoms with E-state index >= 15 is 0 Å². The molecular weight excluding hydrogens is 274 g/mol. The van der Waals surface area contributed by atoms with Crippen LogP contribution in [0.5, 0.6) is 0 Å². The van der Waals surface area contributed by atoms with Gasteiger partial charge in [-0.2, -0.15) is 5.06 Å². The lowest BCUT2D eigenvalue weighted by atomic mass is 9.87. The van der Waals surface area contributed by atoms with Crippen LogP contribution in [0.4, 0.5) is 5.69 Å². The number of hydrogen-bond acceptors (Lipinski definition) is 2. The smallest absolute Gasteiger partial charge is 0.162 e. The van der Waals surface area contributed by atoms with E-state index in [9.17, 15) is 5.21 Å². The van der Waals surface area contributed by atoms with Crippen molar-refractivity contribution in [1.29, 1.82) is 0 Å². The van der Waals surface area contributed by atoms with Crippen molar-refractivity contribution >= 4 is 5.69 Å². The predicted octanol–water partition coefficient (Wildman–Crippen LogP) is 5.32. The number of hydroxylamine groups is 1. The zero-order valence-corrected chi connectivity index (χ0v) is 15.7. The molecule has 0 aliphatic rings. The van der Waals surface area contributed by atoms with E-state index in [-0.39, 0.29) is 16.4 Å². The van der Waals surface area contributed by atoms with Gasteiger partial charge in [0.15, 0.2) is 6.23 Å². The minimum absolute atomic E-state index is 0.0809. The molecule has 0 saturated heterocycles. The molecule has 1 rings (SSSR count). The first-order chi connectivity index (χ1) is 9.72. The lowest BCUT2D eigenvalue weighted by molar-refractivity contribution is -0.145. The van der Waals surface area contributed by atoms with Crippen LogP contribution in [0.3, 0.4) is 0 Å². The molecule has 1 aromatic rings. The Balaban J connectivity index is 3.06. The Morgan fingerprint density at radius 2 is 1.32 bits per heavy atom. The van der Waals surface area contributed by atoms with Crippen LogP contribution in [0.2, 0.25) is 0 Å². The van der Waals surface area contributed by atoms with E-state index in [1.165, 1.54) is 5.56 Å². The van der Waals surface area contributed by atoms with Gasteiger partial charge in [0.25, 0.3) is 0 Å². The first kappa shape index (κ1) is 19.0. The van der Waals surface area contributed by atoms with Crippen molar-refractivity contribution in [3.63, 3.8) is 0 Å². The highest BCUT2D eigenvalue weighted by Gasteiger charge is 2.35. The number of nitrogens with zero attached hydrogens (tertiary/aromatic N) is 1. The Bertz CT molecular complexity index is 472. The highest BCUT2D eigenvalue weighted by molar-refractivity contribution is 5.46. The zero-order chi connectivity index (χ0) is 17.3. The van der Waals surface area contributed by atoms with Crippen molar-refractivity contribution in [2.45, 2.75) is 79.6 Å². The Morgan fingerprint density at radius 3 is 1.64 bits per heavy atom. The second-order valence-corrected chi connectivity index (χ2v) is 9.07. The van der Waals surface area contributed by atoms with Gasteiger partial charge in [-0.15, -0.1) is 0 Å². The maximum atomic E-state index is 12.8. The molecule has 0 unspecified atom stereocenters. The van der Waals surface area contributed by atoms with Gasteiger partial charge in [0.05, 0.1) is 11.3 Å². The van der Waals surface area contributed by atoms with Gasteiger partial charge in [-0.25, -0.2) is 0 Å². The fourth-order valence-corrected chi connectivity index (χ4v) is 2.16. The minimum atomic E-state index is -0.534.